The largest absolute Gasteiger partial charge is 0.336 e. The van der Waals surface area contributed by atoms with E-state index in [0.29, 0.717) is 17.1 Å². The Morgan fingerprint density at radius 1 is 1.12 bits per heavy atom. The van der Waals surface area contributed by atoms with Crippen molar-refractivity contribution < 1.29 is 4.79 Å². The summed E-state index contributed by atoms with van der Waals surface area (Å²) in [5.41, 5.74) is 3.29. The van der Waals surface area contributed by atoms with Crippen LogP contribution in [0.1, 0.15) is 16.8 Å². The fourth-order valence-corrected chi connectivity index (χ4v) is 2.94. The Morgan fingerprint density at radius 3 is 2.31 bits per heavy atom. The molecule has 3 aromatic rings. The predicted octanol–water partition coefficient (Wildman–Crippen LogP) is 4.27. The van der Waals surface area contributed by atoms with Gasteiger partial charge in [0.2, 0.25) is 0 Å². The summed E-state index contributed by atoms with van der Waals surface area (Å²) >= 11 is 6.18. The number of likely N-dealkylation sites (N-methyl/N-ethyl adjacent to an activating group) is 1. The smallest absolute Gasteiger partial charge is 0.254 e. The number of carbonyl (C=O) groups is 1. The number of amides is 1. The molecular weight excluding hydrogens is 346 g/mol. The summed E-state index contributed by atoms with van der Waals surface area (Å²) in [4.78, 5) is 14.8. The second kappa shape index (κ2) is 8.02. The van der Waals surface area contributed by atoms with Crippen LogP contribution in [0.5, 0.6) is 0 Å². The van der Waals surface area contributed by atoms with Crippen LogP contribution in [-0.4, -0.2) is 27.6 Å². The van der Waals surface area contributed by atoms with Gasteiger partial charge in [-0.05, 0) is 17.2 Å². The normalized spacial score (nSPS) is 11.4. The Morgan fingerprint density at radius 2 is 1.73 bits per heavy atom. The van der Waals surface area contributed by atoms with Crippen LogP contribution in [0.4, 0.5) is 0 Å². The van der Waals surface area contributed by atoms with E-state index in [2.05, 4.69) is 5.10 Å². The average molecular weight is 366 g/mol. The SMILES string of the molecule is CN(Cc1c(Cl)cnn1C)C(=O)/C(=C\c1ccccc1)c1ccccc1. The number of hydrogen-bond donors (Lipinski definition) is 0. The van der Waals surface area contributed by atoms with Gasteiger partial charge in [0, 0.05) is 19.7 Å². The molecule has 1 heterocycles. The molecule has 26 heavy (non-hydrogen) atoms. The first-order valence-electron chi connectivity index (χ1n) is 8.30. The quantitative estimate of drug-likeness (QED) is 0.500. The fourth-order valence-electron chi connectivity index (χ4n) is 2.72. The highest BCUT2D eigenvalue weighted by Gasteiger charge is 2.19. The second-order valence-electron chi connectivity index (χ2n) is 6.06. The van der Waals surface area contributed by atoms with Gasteiger partial charge in [0.05, 0.1) is 23.5 Å². The number of halogens is 1. The van der Waals surface area contributed by atoms with E-state index in [1.807, 2.05) is 73.8 Å². The highest BCUT2D eigenvalue weighted by atomic mass is 35.5. The van der Waals surface area contributed by atoms with Crippen molar-refractivity contribution in [3.05, 3.63) is 88.7 Å². The fraction of sp³-hybridized carbons (Fsp3) is 0.143. The van der Waals surface area contributed by atoms with Gasteiger partial charge >= 0.3 is 0 Å². The summed E-state index contributed by atoms with van der Waals surface area (Å²) in [7, 11) is 3.59. The Hall–Kier alpha value is -2.85. The number of carbonyl (C=O) groups excluding carboxylic acids is 1. The van der Waals surface area contributed by atoms with Gasteiger partial charge in [-0.2, -0.15) is 5.10 Å². The molecule has 0 N–H and O–H groups in total. The summed E-state index contributed by atoms with van der Waals surface area (Å²) in [5, 5.41) is 4.69. The standard InChI is InChI=1S/C21H20ClN3O/c1-24(15-20-19(22)14-23-25(20)2)21(26)18(17-11-7-4-8-12-17)13-16-9-5-3-6-10-16/h3-14H,15H2,1-2H3/b18-13-. The zero-order valence-corrected chi connectivity index (χ0v) is 15.5. The van der Waals surface area contributed by atoms with Crippen molar-refractivity contribution in [2.75, 3.05) is 7.05 Å². The summed E-state index contributed by atoms with van der Waals surface area (Å²) < 4.78 is 1.69. The molecule has 1 amide bonds. The third-order valence-corrected chi connectivity index (χ3v) is 4.49. The Balaban J connectivity index is 1.94. The molecule has 0 bridgehead atoms. The molecule has 0 aliphatic heterocycles. The van der Waals surface area contributed by atoms with Crippen LogP contribution in [0.3, 0.4) is 0 Å². The van der Waals surface area contributed by atoms with Crippen molar-refractivity contribution in [1.82, 2.24) is 14.7 Å². The van der Waals surface area contributed by atoms with Crippen LogP contribution in [0.25, 0.3) is 11.6 Å². The molecule has 4 nitrogen and oxygen atoms in total. The van der Waals surface area contributed by atoms with Crippen molar-refractivity contribution in [2.24, 2.45) is 7.05 Å². The van der Waals surface area contributed by atoms with Crippen molar-refractivity contribution in [2.45, 2.75) is 6.54 Å². The number of nitrogens with zero attached hydrogens (tertiary/aromatic N) is 3. The van der Waals surface area contributed by atoms with Crippen molar-refractivity contribution in [3.8, 4) is 0 Å². The Bertz CT molecular complexity index is 897. The topological polar surface area (TPSA) is 38.1 Å². The maximum Gasteiger partial charge on any atom is 0.254 e. The van der Waals surface area contributed by atoms with E-state index >= 15 is 0 Å². The van der Waals surface area contributed by atoms with Gasteiger partial charge in [-0.1, -0.05) is 72.3 Å². The minimum atomic E-state index is -0.0719. The predicted molar refractivity (Wildman–Crippen MR) is 105 cm³/mol. The maximum atomic E-state index is 13.2. The molecule has 0 saturated heterocycles. The monoisotopic (exact) mass is 365 g/mol. The lowest BCUT2D eigenvalue weighted by Crippen LogP contribution is -2.28. The van der Waals surface area contributed by atoms with Gasteiger partial charge in [-0.15, -0.1) is 0 Å². The van der Waals surface area contributed by atoms with Crippen LogP contribution < -0.4 is 0 Å². The highest BCUT2D eigenvalue weighted by molar-refractivity contribution is 6.31. The van der Waals surface area contributed by atoms with Crippen LogP contribution in [0.15, 0.2) is 66.9 Å². The zero-order valence-electron chi connectivity index (χ0n) is 14.8. The average Bonchev–Trinajstić information content (AvgIpc) is 2.99. The molecule has 0 saturated carbocycles. The molecule has 0 fully saturated rings. The molecule has 5 heteroatoms. The molecule has 2 aromatic carbocycles. The van der Waals surface area contributed by atoms with E-state index in [-0.39, 0.29) is 5.91 Å². The van der Waals surface area contributed by atoms with Crippen molar-refractivity contribution in [3.63, 3.8) is 0 Å². The summed E-state index contributed by atoms with van der Waals surface area (Å²) in [6, 6.07) is 19.5. The van der Waals surface area contributed by atoms with Crippen LogP contribution >= 0.6 is 11.6 Å². The first-order chi connectivity index (χ1) is 12.6. The minimum absolute atomic E-state index is 0.0719. The van der Waals surface area contributed by atoms with E-state index in [4.69, 9.17) is 11.6 Å². The van der Waals surface area contributed by atoms with Gasteiger partial charge in [0.25, 0.3) is 5.91 Å². The van der Waals surface area contributed by atoms with Crippen molar-refractivity contribution >= 4 is 29.2 Å². The van der Waals surface area contributed by atoms with E-state index in [1.165, 1.54) is 0 Å². The first kappa shape index (κ1) is 18.0. The Kier molecular flexibility index (Phi) is 5.54. The molecule has 1 aromatic heterocycles. The zero-order chi connectivity index (χ0) is 18.5. The lowest BCUT2D eigenvalue weighted by Gasteiger charge is -2.20. The van der Waals surface area contributed by atoms with E-state index in [9.17, 15) is 4.79 Å². The van der Waals surface area contributed by atoms with E-state index in [0.717, 1.165) is 16.8 Å². The second-order valence-corrected chi connectivity index (χ2v) is 6.47. The van der Waals surface area contributed by atoms with Gasteiger partial charge < -0.3 is 4.90 Å². The molecular formula is C21H20ClN3O. The van der Waals surface area contributed by atoms with Gasteiger partial charge in [-0.25, -0.2) is 0 Å². The molecule has 0 aliphatic rings. The Labute approximate surface area is 158 Å². The summed E-state index contributed by atoms with van der Waals surface area (Å²) in [6.45, 7) is 0.382. The van der Waals surface area contributed by atoms with Gasteiger partial charge in [0.15, 0.2) is 0 Å². The number of benzene rings is 2. The summed E-state index contributed by atoms with van der Waals surface area (Å²) in [5.74, 6) is -0.0719. The number of aryl methyl sites for hydroxylation is 1. The van der Waals surface area contributed by atoms with Gasteiger partial charge in [-0.3, -0.25) is 9.48 Å². The number of aromatic nitrogens is 2. The lowest BCUT2D eigenvalue weighted by atomic mass is 10.0. The molecule has 132 valence electrons. The molecule has 0 atom stereocenters. The number of hydrogen-bond acceptors (Lipinski definition) is 2. The van der Waals surface area contributed by atoms with E-state index < -0.39 is 0 Å². The highest BCUT2D eigenvalue weighted by Crippen LogP contribution is 2.22. The third kappa shape index (κ3) is 4.03. The molecule has 0 unspecified atom stereocenters. The van der Waals surface area contributed by atoms with Crippen LogP contribution in [0.2, 0.25) is 5.02 Å². The molecule has 0 radical (unpaired) electrons. The maximum absolute atomic E-state index is 13.2. The van der Waals surface area contributed by atoms with Crippen LogP contribution in [0, 0.1) is 0 Å². The van der Waals surface area contributed by atoms with Crippen molar-refractivity contribution in [1.29, 1.82) is 0 Å². The lowest BCUT2D eigenvalue weighted by molar-refractivity contribution is -0.124. The molecule has 3 rings (SSSR count). The third-order valence-electron chi connectivity index (χ3n) is 4.17. The first-order valence-corrected chi connectivity index (χ1v) is 8.68. The summed E-state index contributed by atoms with van der Waals surface area (Å²) in [6.07, 6.45) is 3.51. The minimum Gasteiger partial charge on any atom is -0.336 e. The number of rotatable bonds is 5. The van der Waals surface area contributed by atoms with Crippen LogP contribution in [-0.2, 0) is 18.4 Å². The molecule has 0 aliphatic carbocycles. The van der Waals surface area contributed by atoms with Gasteiger partial charge in [0.1, 0.15) is 0 Å². The van der Waals surface area contributed by atoms with E-state index in [1.54, 1.807) is 22.8 Å². The molecule has 0 spiro atoms.